The molecule has 2 aliphatic rings. The smallest absolute Gasteiger partial charge is 0.252 e. The second-order valence-electron chi connectivity index (χ2n) is 10.7. The molecular formula is C34H19BN4. The van der Waals surface area contributed by atoms with Crippen LogP contribution in [-0.4, -0.2) is 25.8 Å². The molecule has 0 spiro atoms. The predicted molar refractivity (Wildman–Crippen MR) is 161 cm³/mol. The standard InChI is InChI=1S/C34H19BN4/c1-2-6-20(7-3-1)21-16-30-32-31(17-21)39-29-13-15-37-19-25(29)23-9-5-11-27(34(23)39)35(32)26-10-4-8-22-24-18-36-14-12-28(24)38(30)33(22)26/h1-19H. The number of hydrogen-bond donors (Lipinski definition) is 0. The summed E-state index contributed by atoms with van der Waals surface area (Å²) in [5.74, 6) is 0. The van der Waals surface area contributed by atoms with E-state index in [1.807, 2.05) is 24.8 Å². The van der Waals surface area contributed by atoms with Gasteiger partial charge in [-0.05, 0) is 51.8 Å². The summed E-state index contributed by atoms with van der Waals surface area (Å²) in [4.78, 5) is 9.03. The van der Waals surface area contributed by atoms with E-state index in [9.17, 15) is 0 Å². The van der Waals surface area contributed by atoms with Crippen LogP contribution in [-0.2, 0) is 0 Å². The van der Waals surface area contributed by atoms with Crippen molar-refractivity contribution >= 4 is 66.7 Å². The van der Waals surface area contributed by atoms with Gasteiger partial charge in [-0.3, -0.25) is 9.97 Å². The van der Waals surface area contributed by atoms with Gasteiger partial charge in [0.15, 0.2) is 0 Å². The van der Waals surface area contributed by atoms with E-state index in [0.717, 1.165) is 0 Å². The second kappa shape index (κ2) is 6.83. The molecule has 0 unspecified atom stereocenters. The first-order valence-corrected chi connectivity index (χ1v) is 13.4. The van der Waals surface area contributed by atoms with Gasteiger partial charge in [-0.2, -0.15) is 0 Å². The summed E-state index contributed by atoms with van der Waals surface area (Å²) in [5.41, 5.74) is 14.0. The highest BCUT2D eigenvalue weighted by Gasteiger charge is 2.40. The fourth-order valence-electron chi connectivity index (χ4n) is 7.41. The van der Waals surface area contributed by atoms with E-state index in [1.54, 1.807) is 0 Å². The van der Waals surface area contributed by atoms with Gasteiger partial charge in [0.25, 0.3) is 6.71 Å². The van der Waals surface area contributed by atoms with Gasteiger partial charge in [0, 0.05) is 68.7 Å². The van der Waals surface area contributed by atoms with E-state index in [-0.39, 0.29) is 6.71 Å². The molecular weight excluding hydrogens is 475 g/mol. The molecule has 4 nitrogen and oxygen atoms in total. The van der Waals surface area contributed by atoms with Gasteiger partial charge < -0.3 is 9.13 Å². The predicted octanol–water partition coefficient (Wildman–Crippen LogP) is 5.48. The normalized spacial score (nSPS) is 13.1. The number of rotatable bonds is 1. The zero-order valence-corrected chi connectivity index (χ0v) is 20.8. The Morgan fingerprint density at radius 2 is 1.08 bits per heavy atom. The van der Waals surface area contributed by atoms with E-state index in [0.29, 0.717) is 0 Å². The lowest BCUT2D eigenvalue weighted by atomic mass is 9.34. The summed E-state index contributed by atoms with van der Waals surface area (Å²) in [5, 5.41) is 4.91. The van der Waals surface area contributed by atoms with Crippen molar-refractivity contribution in [3.05, 3.63) is 116 Å². The van der Waals surface area contributed by atoms with Crippen LogP contribution in [0.3, 0.4) is 0 Å². The molecule has 39 heavy (non-hydrogen) atoms. The zero-order valence-electron chi connectivity index (χ0n) is 20.8. The van der Waals surface area contributed by atoms with Gasteiger partial charge in [0.2, 0.25) is 0 Å². The van der Waals surface area contributed by atoms with Crippen molar-refractivity contribution in [1.82, 2.24) is 19.1 Å². The average molecular weight is 494 g/mol. The Bertz CT molecular complexity index is 2200. The van der Waals surface area contributed by atoms with Crippen LogP contribution < -0.4 is 16.4 Å². The van der Waals surface area contributed by atoms with Crippen LogP contribution in [0.25, 0.3) is 66.1 Å². The number of aromatic nitrogens is 4. The third-order valence-corrected chi connectivity index (χ3v) is 8.88. The van der Waals surface area contributed by atoms with Crippen molar-refractivity contribution < 1.29 is 0 Å². The first kappa shape index (κ1) is 19.9. The maximum atomic E-state index is 4.52. The van der Waals surface area contributed by atoms with Crippen LogP contribution in [0.15, 0.2) is 116 Å². The molecule has 0 bridgehead atoms. The van der Waals surface area contributed by atoms with Crippen molar-refractivity contribution in [1.29, 1.82) is 0 Å². The van der Waals surface area contributed by atoms with Crippen molar-refractivity contribution in [2.24, 2.45) is 0 Å². The van der Waals surface area contributed by atoms with Crippen molar-refractivity contribution in [3.63, 3.8) is 0 Å². The number of nitrogens with zero attached hydrogens (tertiary/aromatic N) is 4. The van der Waals surface area contributed by atoms with Gasteiger partial charge in [-0.15, -0.1) is 0 Å². The topological polar surface area (TPSA) is 35.6 Å². The summed E-state index contributed by atoms with van der Waals surface area (Å²) in [6.07, 6.45) is 7.86. The fourth-order valence-corrected chi connectivity index (χ4v) is 7.41. The summed E-state index contributed by atoms with van der Waals surface area (Å²) in [6, 6.07) is 33.4. The molecule has 8 aromatic rings. The van der Waals surface area contributed by atoms with Crippen LogP contribution in [0.5, 0.6) is 0 Å². The maximum absolute atomic E-state index is 4.52. The quantitative estimate of drug-likeness (QED) is 0.284. The molecule has 6 heterocycles. The highest BCUT2D eigenvalue weighted by Crippen LogP contribution is 2.39. The molecule has 0 amide bonds. The lowest BCUT2D eigenvalue weighted by molar-refractivity contribution is 1.14. The van der Waals surface area contributed by atoms with Gasteiger partial charge in [-0.25, -0.2) is 0 Å². The average Bonchev–Trinajstić information content (AvgIpc) is 3.52. The number of fused-ring (bicyclic) bond motifs is 10. The minimum atomic E-state index is 0.141. The van der Waals surface area contributed by atoms with Gasteiger partial charge >= 0.3 is 0 Å². The van der Waals surface area contributed by atoms with Crippen molar-refractivity contribution in [2.75, 3.05) is 0 Å². The zero-order chi connectivity index (χ0) is 25.2. The van der Waals surface area contributed by atoms with E-state index < -0.39 is 0 Å². The molecule has 0 aliphatic carbocycles. The molecule has 0 atom stereocenters. The molecule has 2 aliphatic heterocycles. The molecule has 0 fully saturated rings. The maximum Gasteiger partial charge on any atom is 0.252 e. The Balaban J connectivity index is 1.49. The van der Waals surface area contributed by atoms with Crippen LogP contribution in [0.4, 0.5) is 0 Å². The number of hydrogen-bond acceptors (Lipinski definition) is 2. The number of para-hydroxylation sites is 2. The molecule has 0 N–H and O–H groups in total. The highest BCUT2D eigenvalue weighted by atomic mass is 15.0. The van der Waals surface area contributed by atoms with Crippen molar-refractivity contribution in [3.8, 4) is 22.5 Å². The third kappa shape index (κ3) is 2.29. The minimum absolute atomic E-state index is 0.141. The SMILES string of the molecule is c1ccc(-c2cc3c4c(c2)-n2c5ccncc5c5cccc(c52)B4c2cccc4c5cnccc5n-3c24)cc1. The fraction of sp³-hybridized carbons (Fsp3) is 0. The van der Waals surface area contributed by atoms with E-state index in [2.05, 4.69) is 110 Å². The number of benzene rings is 4. The molecule has 10 rings (SSSR count). The molecule has 5 heteroatoms. The van der Waals surface area contributed by atoms with E-state index >= 15 is 0 Å². The summed E-state index contributed by atoms with van der Waals surface area (Å²) < 4.78 is 4.98. The van der Waals surface area contributed by atoms with Crippen LogP contribution >= 0.6 is 0 Å². The van der Waals surface area contributed by atoms with Gasteiger partial charge in [0.1, 0.15) is 0 Å². The lowest BCUT2D eigenvalue weighted by Gasteiger charge is -2.34. The van der Waals surface area contributed by atoms with Crippen molar-refractivity contribution in [2.45, 2.75) is 0 Å². The molecule has 0 radical (unpaired) electrons. The largest absolute Gasteiger partial charge is 0.310 e. The Hall–Kier alpha value is -5.16. The molecule has 178 valence electrons. The first-order valence-electron chi connectivity index (χ1n) is 13.4. The molecule has 4 aromatic carbocycles. The molecule has 0 saturated carbocycles. The van der Waals surface area contributed by atoms with E-state index in [1.165, 1.54) is 82.5 Å². The van der Waals surface area contributed by atoms with Crippen LogP contribution in [0.2, 0.25) is 0 Å². The minimum Gasteiger partial charge on any atom is -0.310 e. The Morgan fingerprint density at radius 1 is 0.513 bits per heavy atom. The number of pyridine rings is 2. The molecule has 0 saturated heterocycles. The van der Waals surface area contributed by atoms with Gasteiger partial charge in [0.05, 0.1) is 11.0 Å². The van der Waals surface area contributed by atoms with E-state index in [4.69, 9.17) is 0 Å². The summed E-state index contributed by atoms with van der Waals surface area (Å²) in [6.45, 7) is 0.141. The van der Waals surface area contributed by atoms with Crippen LogP contribution in [0.1, 0.15) is 0 Å². The Kier molecular flexibility index (Phi) is 3.48. The molecule has 4 aromatic heterocycles. The monoisotopic (exact) mass is 494 g/mol. The highest BCUT2D eigenvalue weighted by molar-refractivity contribution is 7.00. The van der Waals surface area contributed by atoms with Gasteiger partial charge in [-0.1, -0.05) is 66.7 Å². The van der Waals surface area contributed by atoms with Crippen LogP contribution in [0, 0.1) is 0 Å². The summed E-state index contributed by atoms with van der Waals surface area (Å²) >= 11 is 0. The first-order chi connectivity index (χ1) is 19.4. The second-order valence-corrected chi connectivity index (χ2v) is 10.7. The summed E-state index contributed by atoms with van der Waals surface area (Å²) in [7, 11) is 0. The Morgan fingerprint density at radius 3 is 1.64 bits per heavy atom. The lowest BCUT2D eigenvalue weighted by Crippen LogP contribution is -2.59. The third-order valence-electron chi connectivity index (χ3n) is 8.88. The Labute approximate surface area is 223 Å².